The van der Waals surface area contributed by atoms with Crippen molar-refractivity contribution in [2.45, 2.75) is 19.8 Å². The quantitative estimate of drug-likeness (QED) is 0.541. The second-order valence-electron chi connectivity index (χ2n) is 6.37. The maximum Gasteiger partial charge on any atom is 0.252 e. The van der Waals surface area contributed by atoms with Crippen molar-refractivity contribution in [2.75, 3.05) is 20.3 Å². The Kier molecular flexibility index (Phi) is 6.58. The van der Waals surface area contributed by atoms with Crippen LogP contribution in [0.1, 0.15) is 29.3 Å². The molecule has 0 atom stereocenters. The Morgan fingerprint density at radius 3 is 2.63 bits per heavy atom. The van der Waals surface area contributed by atoms with Gasteiger partial charge in [-0.3, -0.25) is 4.79 Å². The minimum atomic E-state index is -0.0944. The third-order valence-electron chi connectivity index (χ3n) is 4.48. The smallest absolute Gasteiger partial charge is 0.252 e. The summed E-state index contributed by atoms with van der Waals surface area (Å²) in [7, 11) is 1.66. The van der Waals surface area contributed by atoms with Gasteiger partial charge in [0.05, 0.1) is 16.8 Å². The summed E-state index contributed by atoms with van der Waals surface area (Å²) in [6.07, 6.45) is 1.77. The molecule has 4 nitrogen and oxygen atoms in total. The highest BCUT2D eigenvalue weighted by Gasteiger charge is 2.14. The minimum Gasteiger partial charge on any atom is -0.385 e. The second kappa shape index (κ2) is 9.11. The number of aromatic nitrogens is 1. The van der Waals surface area contributed by atoms with E-state index in [1.165, 1.54) is 5.56 Å². The zero-order valence-electron chi connectivity index (χ0n) is 15.6. The summed E-state index contributed by atoms with van der Waals surface area (Å²) in [4.78, 5) is 17.6. The molecule has 1 N–H and O–H groups in total. The fourth-order valence-electron chi connectivity index (χ4n) is 2.96. The first kappa shape index (κ1) is 19.5. The van der Waals surface area contributed by atoms with Crippen molar-refractivity contribution >= 4 is 32.7 Å². The van der Waals surface area contributed by atoms with E-state index in [1.807, 2.05) is 24.3 Å². The van der Waals surface area contributed by atoms with Gasteiger partial charge in [0.25, 0.3) is 5.91 Å². The molecule has 0 radical (unpaired) electrons. The highest BCUT2D eigenvalue weighted by atomic mass is 79.9. The fourth-order valence-corrected chi connectivity index (χ4v) is 3.32. The number of halogens is 1. The number of aryl methyl sites for hydroxylation is 1. The highest BCUT2D eigenvalue weighted by Crippen LogP contribution is 2.27. The standard InChI is InChI=1S/C22H23BrN2O2/c1-3-15-5-7-16(8-6-15)21-14-19(22(26)24-11-4-12-27-2)18-13-17(23)9-10-20(18)25-21/h5-10,13-14H,3-4,11-12H2,1-2H3,(H,24,26). The number of benzene rings is 2. The van der Waals surface area contributed by atoms with Gasteiger partial charge in [-0.1, -0.05) is 47.1 Å². The van der Waals surface area contributed by atoms with E-state index in [1.54, 1.807) is 7.11 Å². The van der Waals surface area contributed by atoms with Gasteiger partial charge in [-0.05, 0) is 42.7 Å². The Balaban J connectivity index is 2.00. The lowest BCUT2D eigenvalue weighted by Crippen LogP contribution is -2.25. The fraction of sp³-hybridized carbons (Fsp3) is 0.273. The van der Waals surface area contributed by atoms with Crippen LogP contribution in [0.2, 0.25) is 0 Å². The number of pyridine rings is 1. The predicted octanol–water partition coefficient (Wildman–Crippen LogP) is 4.99. The van der Waals surface area contributed by atoms with Crippen LogP contribution >= 0.6 is 15.9 Å². The largest absolute Gasteiger partial charge is 0.385 e. The molecule has 3 aromatic rings. The maximum atomic E-state index is 12.8. The number of amides is 1. The number of carbonyl (C=O) groups is 1. The number of ether oxygens (including phenoxy) is 1. The Morgan fingerprint density at radius 2 is 1.93 bits per heavy atom. The van der Waals surface area contributed by atoms with E-state index in [2.05, 4.69) is 52.4 Å². The summed E-state index contributed by atoms with van der Waals surface area (Å²) in [5.74, 6) is -0.0944. The molecule has 1 heterocycles. The molecule has 3 rings (SSSR count). The number of nitrogens with one attached hydrogen (secondary N) is 1. The molecule has 0 aliphatic heterocycles. The van der Waals surface area contributed by atoms with E-state index >= 15 is 0 Å². The van der Waals surface area contributed by atoms with E-state index in [4.69, 9.17) is 9.72 Å². The van der Waals surface area contributed by atoms with E-state index in [9.17, 15) is 4.79 Å². The number of fused-ring (bicyclic) bond motifs is 1. The predicted molar refractivity (Wildman–Crippen MR) is 113 cm³/mol. The van der Waals surface area contributed by atoms with Crippen molar-refractivity contribution < 1.29 is 9.53 Å². The van der Waals surface area contributed by atoms with Gasteiger partial charge in [0.2, 0.25) is 0 Å². The molecule has 1 amide bonds. The first-order valence-corrected chi connectivity index (χ1v) is 9.88. The van der Waals surface area contributed by atoms with Crippen LogP contribution in [-0.4, -0.2) is 31.2 Å². The van der Waals surface area contributed by atoms with Gasteiger partial charge in [0, 0.05) is 35.7 Å². The Bertz CT molecular complexity index is 939. The SMILES string of the molecule is CCc1ccc(-c2cc(C(=O)NCCCOC)c3cc(Br)ccc3n2)cc1. The molecule has 0 aliphatic carbocycles. The lowest BCUT2D eigenvalue weighted by Gasteiger charge is -2.11. The topological polar surface area (TPSA) is 51.2 Å². The van der Waals surface area contributed by atoms with Crippen molar-refractivity contribution in [1.82, 2.24) is 10.3 Å². The molecule has 1 aromatic heterocycles. The minimum absolute atomic E-state index is 0.0944. The van der Waals surface area contributed by atoms with Crippen molar-refractivity contribution in [1.29, 1.82) is 0 Å². The summed E-state index contributed by atoms with van der Waals surface area (Å²) in [6, 6.07) is 16.0. The second-order valence-corrected chi connectivity index (χ2v) is 7.28. The Hall–Kier alpha value is -2.24. The van der Waals surface area contributed by atoms with Crippen LogP contribution in [-0.2, 0) is 11.2 Å². The normalized spacial score (nSPS) is 10.9. The van der Waals surface area contributed by atoms with Crippen molar-refractivity contribution in [3.63, 3.8) is 0 Å². The molecular formula is C22H23BrN2O2. The zero-order valence-corrected chi connectivity index (χ0v) is 17.2. The van der Waals surface area contributed by atoms with Crippen LogP contribution in [0.25, 0.3) is 22.2 Å². The molecule has 0 spiro atoms. The monoisotopic (exact) mass is 426 g/mol. The lowest BCUT2D eigenvalue weighted by atomic mass is 10.0. The third-order valence-corrected chi connectivity index (χ3v) is 4.98. The van der Waals surface area contributed by atoms with E-state index in [0.717, 1.165) is 39.5 Å². The van der Waals surface area contributed by atoms with Gasteiger partial charge in [0.1, 0.15) is 0 Å². The molecular weight excluding hydrogens is 404 g/mol. The number of hydrogen-bond acceptors (Lipinski definition) is 3. The number of carbonyl (C=O) groups excluding carboxylic acids is 1. The Morgan fingerprint density at radius 1 is 1.15 bits per heavy atom. The average Bonchev–Trinajstić information content (AvgIpc) is 2.70. The molecule has 0 aliphatic rings. The summed E-state index contributed by atoms with van der Waals surface area (Å²) < 4.78 is 5.97. The van der Waals surface area contributed by atoms with Crippen molar-refractivity contribution in [3.8, 4) is 11.3 Å². The van der Waals surface area contributed by atoms with Crippen LogP contribution in [0, 0.1) is 0 Å². The van der Waals surface area contributed by atoms with Crippen molar-refractivity contribution in [2.24, 2.45) is 0 Å². The van der Waals surface area contributed by atoms with Crippen LogP contribution in [0.15, 0.2) is 53.0 Å². The molecule has 0 saturated carbocycles. The molecule has 140 valence electrons. The van der Waals surface area contributed by atoms with E-state index in [-0.39, 0.29) is 5.91 Å². The lowest BCUT2D eigenvalue weighted by molar-refractivity contribution is 0.0950. The molecule has 0 unspecified atom stereocenters. The zero-order chi connectivity index (χ0) is 19.2. The molecule has 0 bridgehead atoms. The summed E-state index contributed by atoms with van der Waals surface area (Å²) in [5.41, 5.74) is 4.52. The molecule has 0 fully saturated rings. The van der Waals surface area contributed by atoms with Gasteiger partial charge in [-0.15, -0.1) is 0 Å². The van der Waals surface area contributed by atoms with Crippen LogP contribution in [0.5, 0.6) is 0 Å². The number of methoxy groups -OCH3 is 1. The van der Waals surface area contributed by atoms with Gasteiger partial charge >= 0.3 is 0 Å². The highest BCUT2D eigenvalue weighted by molar-refractivity contribution is 9.10. The van der Waals surface area contributed by atoms with Gasteiger partial charge < -0.3 is 10.1 Å². The van der Waals surface area contributed by atoms with Crippen molar-refractivity contribution in [3.05, 3.63) is 64.1 Å². The van der Waals surface area contributed by atoms with Gasteiger partial charge in [0.15, 0.2) is 0 Å². The number of nitrogens with zero attached hydrogens (tertiary/aromatic N) is 1. The maximum absolute atomic E-state index is 12.8. The molecule has 5 heteroatoms. The molecule has 2 aromatic carbocycles. The van der Waals surface area contributed by atoms with Crippen LogP contribution in [0.3, 0.4) is 0 Å². The summed E-state index contributed by atoms with van der Waals surface area (Å²) in [5, 5.41) is 3.82. The van der Waals surface area contributed by atoms with E-state index in [0.29, 0.717) is 18.7 Å². The number of rotatable bonds is 7. The third kappa shape index (κ3) is 4.73. The molecule has 0 saturated heterocycles. The first-order valence-electron chi connectivity index (χ1n) is 9.09. The summed E-state index contributed by atoms with van der Waals surface area (Å²) in [6.45, 7) is 3.33. The van der Waals surface area contributed by atoms with Crippen LogP contribution in [0.4, 0.5) is 0 Å². The average molecular weight is 427 g/mol. The number of hydrogen-bond donors (Lipinski definition) is 1. The Labute approximate surface area is 168 Å². The first-order chi connectivity index (χ1) is 13.1. The van der Waals surface area contributed by atoms with Gasteiger partial charge in [-0.25, -0.2) is 4.98 Å². The van der Waals surface area contributed by atoms with Crippen LogP contribution < -0.4 is 5.32 Å². The van der Waals surface area contributed by atoms with Gasteiger partial charge in [-0.2, -0.15) is 0 Å². The molecule has 27 heavy (non-hydrogen) atoms. The van der Waals surface area contributed by atoms with E-state index < -0.39 is 0 Å². The summed E-state index contributed by atoms with van der Waals surface area (Å²) >= 11 is 3.49.